The third-order valence-corrected chi connectivity index (χ3v) is 7.31. The SMILES string of the molecule is CS(=O)(=O)C1(C(=O)NCC2CCc3ccccc32)CCNCC1. The Balaban J connectivity index is 1.71. The Morgan fingerprint density at radius 1 is 1.30 bits per heavy atom. The summed E-state index contributed by atoms with van der Waals surface area (Å²) in [6.45, 7) is 1.64. The molecule has 2 N–H and O–H groups in total. The molecule has 126 valence electrons. The van der Waals surface area contributed by atoms with Crippen LogP contribution in [0.3, 0.4) is 0 Å². The summed E-state index contributed by atoms with van der Waals surface area (Å²) in [7, 11) is -3.45. The van der Waals surface area contributed by atoms with Crippen molar-refractivity contribution in [2.45, 2.75) is 36.3 Å². The Morgan fingerprint density at radius 2 is 2.00 bits per heavy atom. The molecule has 1 unspecified atom stereocenters. The van der Waals surface area contributed by atoms with E-state index in [0.717, 1.165) is 12.8 Å². The molecular formula is C17H24N2O3S. The molecule has 1 saturated heterocycles. The lowest BCUT2D eigenvalue weighted by molar-refractivity contribution is -0.124. The third-order valence-electron chi connectivity index (χ3n) is 5.30. The van der Waals surface area contributed by atoms with E-state index in [4.69, 9.17) is 0 Å². The van der Waals surface area contributed by atoms with Crippen LogP contribution in [0.1, 0.15) is 36.3 Å². The lowest BCUT2D eigenvalue weighted by Crippen LogP contribution is -2.57. The molecule has 23 heavy (non-hydrogen) atoms. The Labute approximate surface area is 137 Å². The van der Waals surface area contributed by atoms with Gasteiger partial charge in [0.25, 0.3) is 0 Å². The van der Waals surface area contributed by atoms with Crippen molar-refractivity contribution in [2.24, 2.45) is 0 Å². The number of hydrogen-bond acceptors (Lipinski definition) is 4. The summed E-state index contributed by atoms with van der Waals surface area (Å²) in [6.07, 6.45) is 3.91. The summed E-state index contributed by atoms with van der Waals surface area (Å²) < 4.78 is 23.2. The molecule has 1 amide bonds. The summed E-state index contributed by atoms with van der Waals surface area (Å²) >= 11 is 0. The van der Waals surface area contributed by atoms with Crippen LogP contribution in [-0.2, 0) is 21.1 Å². The molecule has 0 spiro atoms. The minimum atomic E-state index is -3.45. The normalized spacial score (nSPS) is 23.3. The summed E-state index contributed by atoms with van der Waals surface area (Å²) in [5, 5.41) is 6.07. The maximum Gasteiger partial charge on any atom is 0.241 e. The number of fused-ring (bicyclic) bond motifs is 1. The number of nitrogens with one attached hydrogen (secondary N) is 2. The van der Waals surface area contributed by atoms with Crippen LogP contribution in [-0.4, -0.2) is 45.0 Å². The van der Waals surface area contributed by atoms with Crippen molar-refractivity contribution < 1.29 is 13.2 Å². The van der Waals surface area contributed by atoms with Gasteiger partial charge in [0.1, 0.15) is 0 Å². The van der Waals surface area contributed by atoms with Gasteiger partial charge in [-0.15, -0.1) is 0 Å². The number of carbonyl (C=O) groups is 1. The number of aryl methyl sites for hydroxylation is 1. The van der Waals surface area contributed by atoms with Gasteiger partial charge in [-0.25, -0.2) is 8.42 Å². The highest BCUT2D eigenvalue weighted by Gasteiger charge is 2.48. The highest BCUT2D eigenvalue weighted by molar-refractivity contribution is 7.92. The van der Waals surface area contributed by atoms with Gasteiger partial charge < -0.3 is 10.6 Å². The molecule has 1 aromatic rings. The van der Waals surface area contributed by atoms with E-state index in [9.17, 15) is 13.2 Å². The highest BCUT2D eigenvalue weighted by atomic mass is 32.2. The molecule has 5 nitrogen and oxygen atoms in total. The third kappa shape index (κ3) is 3.02. The van der Waals surface area contributed by atoms with Gasteiger partial charge in [-0.2, -0.15) is 0 Å². The van der Waals surface area contributed by atoms with Crippen LogP contribution in [0.5, 0.6) is 0 Å². The van der Waals surface area contributed by atoms with Crippen molar-refractivity contribution in [3.63, 3.8) is 0 Å². The van der Waals surface area contributed by atoms with Crippen molar-refractivity contribution >= 4 is 15.7 Å². The number of amides is 1. The molecule has 6 heteroatoms. The van der Waals surface area contributed by atoms with Gasteiger partial charge in [-0.3, -0.25) is 4.79 Å². The zero-order valence-electron chi connectivity index (χ0n) is 13.5. The van der Waals surface area contributed by atoms with Crippen molar-refractivity contribution in [2.75, 3.05) is 25.9 Å². The van der Waals surface area contributed by atoms with E-state index in [1.807, 2.05) is 12.1 Å². The van der Waals surface area contributed by atoms with Gasteiger partial charge >= 0.3 is 0 Å². The first-order chi connectivity index (χ1) is 10.9. The standard InChI is InChI=1S/C17H24N2O3S/c1-23(21,22)17(8-10-18-11-9-17)16(20)19-12-14-7-6-13-4-2-3-5-15(13)14/h2-5,14,18H,6-12H2,1H3,(H,19,20). The van der Waals surface area contributed by atoms with Crippen molar-refractivity contribution in [3.8, 4) is 0 Å². The predicted molar refractivity (Wildman–Crippen MR) is 90.2 cm³/mol. The summed E-state index contributed by atoms with van der Waals surface area (Å²) in [4.78, 5) is 12.7. The maximum atomic E-state index is 12.7. The van der Waals surface area contributed by atoms with Crippen LogP contribution < -0.4 is 10.6 Å². The lowest BCUT2D eigenvalue weighted by atomic mass is 9.95. The van der Waals surface area contributed by atoms with E-state index in [-0.39, 0.29) is 11.8 Å². The van der Waals surface area contributed by atoms with Crippen molar-refractivity contribution in [1.29, 1.82) is 0 Å². The van der Waals surface area contributed by atoms with Gasteiger partial charge in [0.2, 0.25) is 5.91 Å². The van der Waals surface area contributed by atoms with Crippen LogP contribution in [0.4, 0.5) is 0 Å². The molecule has 0 aromatic heterocycles. The number of rotatable bonds is 4. The summed E-state index contributed by atoms with van der Waals surface area (Å²) in [6, 6.07) is 8.29. The molecular weight excluding hydrogens is 312 g/mol. The van der Waals surface area contributed by atoms with Crippen LogP contribution in [0.15, 0.2) is 24.3 Å². The summed E-state index contributed by atoms with van der Waals surface area (Å²) in [5.74, 6) is -0.0423. The Bertz CT molecular complexity index is 694. The van der Waals surface area contributed by atoms with Gasteiger partial charge in [-0.1, -0.05) is 24.3 Å². The number of benzene rings is 1. The zero-order valence-corrected chi connectivity index (χ0v) is 14.3. The predicted octanol–water partition coefficient (Wildman–Crippen LogP) is 0.999. The van der Waals surface area contributed by atoms with E-state index in [1.54, 1.807) is 0 Å². The molecule has 0 bridgehead atoms. The topological polar surface area (TPSA) is 75.3 Å². The second-order valence-electron chi connectivity index (χ2n) is 6.66. The highest BCUT2D eigenvalue weighted by Crippen LogP contribution is 2.33. The first-order valence-corrected chi connectivity index (χ1v) is 10.1. The molecule has 1 aliphatic carbocycles. The van der Waals surface area contributed by atoms with Gasteiger partial charge in [0.05, 0.1) is 0 Å². The molecule has 3 rings (SSSR count). The van der Waals surface area contributed by atoms with E-state index >= 15 is 0 Å². The van der Waals surface area contributed by atoms with E-state index in [2.05, 4.69) is 22.8 Å². The molecule has 1 heterocycles. The Hall–Kier alpha value is -1.40. The minimum Gasteiger partial charge on any atom is -0.354 e. The number of piperidine rings is 1. The number of sulfone groups is 1. The van der Waals surface area contributed by atoms with Gasteiger partial charge in [0, 0.05) is 18.7 Å². The molecule has 1 atom stereocenters. The monoisotopic (exact) mass is 336 g/mol. The Morgan fingerprint density at radius 3 is 2.70 bits per heavy atom. The van der Waals surface area contributed by atoms with E-state index in [0.29, 0.717) is 32.5 Å². The van der Waals surface area contributed by atoms with Crippen LogP contribution in [0.2, 0.25) is 0 Å². The Kier molecular flexibility index (Phi) is 4.47. The molecule has 1 aromatic carbocycles. The first-order valence-electron chi connectivity index (χ1n) is 8.20. The average Bonchev–Trinajstić information content (AvgIpc) is 2.95. The first kappa shape index (κ1) is 16.5. The summed E-state index contributed by atoms with van der Waals surface area (Å²) in [5.41, 5.74) is 2.62. The second kappa shape index (κ2) is 6.24. The van der Waals surface area contributed by atoms with Gasteiger partial charge in [0.15, 0.2) is 14.6 Å². The molecule has 1 fully saturated rings. The van der Waals surface area contributed by atoms with Gasteiger partial charge in [-0.05, 0) is 49.9 Å². The lowest BCUT2D eigenvalue weighted by Gasteiger charge is -2.34. The second-order valence-corrected chi connectivity index (χ2v) is 8.99. The van der Waals surface area contributed by atoms with E-state index < -0.39 is 14.6 Å². The number of carbonyl (C=O) groups excluding carboxylic acids is 1. The van der Waals surface area contributed by atoms with Crippen LogP contribution in [0.25, 0.3) is 0 Å². The molecule has 2 aliphatic rings. The maximum absolute atomic E-state index is 12.7. The quantitative estimate of drug-likeness (QED) is 0.860. The molecule has 0 saturated carbocycles. The number of hydrogen-bond donors (Lipinski definition) is 2. The van der Waals surface area contributed by atoms with Crippen molar-refractivity contribution in [3.05, 3.63) is 35.4 Å². The molecule has 0 radical (unpaired) electrons. The fourth-order valence-corrected chi connectivity index (χ4v) is 5.19. The zero-order chi connectivity index (χ0) is 16.5. The van der Waals surface area contributed by atoms with Crippen LogP contribution >= 0.6 is 0 Å². The average molecular weight is 336 g/mol. The molecule has 1 aliphatic heterocycles. The fraction of sp³-hybridized carbons (Fsp3) is 0.588. The van der Waals surface area contributed by atoms with Crippen LogP contribution in [0, 0.1) is 0 Å². The van der Waals surface area contributed by atoms with E-state index in [1.165, 1.54) is 17.4 Å². The fourth-order valence-electron chi connectivity index (χ4n) is 3.83. The smallest absolute Gasteiger partial charge is 0.241 e. The largest absolute Gasteiger partial charge is 0.354 e. The minimum absolute atomic E-state index is 0.286. The van der Waals surface area contributed by atoms with Crippen molar-refractivity contribution in [1.82, 2.24) is 10.6 Å².